The number of hydrogen-bond acceptors (Lipinski definition) is 7. The van der Waals surface area contributed by atoms with E-state index in [1.54, 1.807) is 29.1 Å². The van der Waals surface area contributed by atoms with Crippen LogP contribution in [0.2, 0.25) is 0 Å². The minimum Gasteiger partial charge on any atom is -0.357 e. The van der Waals surface area contributed by atoms with Crippen molar-refractivity contribution in [3.8, 4) is 6.07 Å². The van der Waals surface area contributed by atoms with Crippen LogP contribution in [0.15, 0.2) is 64.5 Å². The number of sulfone groups is 1. The fourth-order valence-electron chi connectivity index (χ4n) is 3.76. The largest absolute Gasteiger partial charge is 0.357 e. The third kappa shape index (κ3) is 4.76. The van der Waals surface area contributed by atoms with E-state index >= 15 is 0 Å². The number of ether oxygens (including phenoxy) is 1. The fraction of sp³-hybridized carbons (Fsp3) is 0.250. The molecular formula is C24H23N5O4S. The molecular weight excluding hydrogens is 454 g/mol. The number of benzene rings is 2. The number of nitrogens with one attached hydrogen (secondary N) is 2. The minimum absolute atomic E-state index is 0.00293. The zero-order valence-electron chi connectivity index (χ0n) is 18.3. The highest BCUT2D eigenvalue weighted by atomic mass is 32.2. The number of nitriles is 1. The highest BCUT2D eigenvalue weighted by molar-refractivity contribution is 7.91. The first kappa shape index (κ1) is 23.4. The summed E-state index contributed by atoms with van der Waals surface area (Å²) in [5.41, 5.74) is 1.06. The number of hydrogen-bond donors (Lipinski definition) is 2. The Bertz CT molecular complexity index is 1350. The standard InChI is InChI=1S/C24H23N5O4S/c25-13-17-12-20(34(31,32)19-6-2-1-3-7-19)9-10-21(17)24(30)27-15-22-18(14-26)16-29(28-22)23-8-4-5-11-33-23/h1-3,6-7,9-10,12-13,16,23,25H,4-5,8,11,15H2,(H,27,30). The van der Waals surface area contributed by atoms with Crippen molar-refractivity contribution in [1.82, 2.24) is 15.1 Å². The molecule has 3 aromatic rings. The van der Waals surface area contributed by atoms with E-state index < -0.39 is 15.7 Å². The Labute approximate surface area is 197 Å². The summed E-state index contributed by atoms with van der Waals surface area (Å²) in [6.45, 7) is 0.643. The van der Waals surface area contributed by atoms with Gasteiger partial charge in [-0.1, -0.05) is 18.2 Å². The summed E-state index contributed by atoms with van der Waals surface area (Å²) in [7, 11) is -3.78. The van der Waals surface area contributed by atoms with Crippen molar-refractivity contribution >= 4 is 22.0 Å². The van der Waals surface area contributed by atoms with Gasteiger partial charge < -0.3 is 15.5 Å². The van der Waals surface area contributed by atoms with Gasteiger partial charge in [-0.2, -0.15) is 10.4 Å². The summed E-state index contributed by atoms with van der Waals surface area (Å²) in [6, 6.07) is 14.1. The highest BCUT2D eigenvalue weighted by Crippen LogP contribution is 2.24. The molecule has 1 amide bonds. The lowest BCUT2D eigenvalue weighted by molar-refractivity contribution is -0.0397. The van der Waals surface area contributed by atoms with E-state index in [4.69, 9.17) is 10.1 Å². The molecule has 4 rings (SSSR count). The Morgan fingerprint density at radius 3 is 2.71 bits per heavy atom. The van der Waals surface area contributed by atoms with Gasteiger partial charge in [0.1, 0.15) is 12.3 Å². The van der Waals surface area contributed by atoms with E-state index in [1.165, 1.54) is 30.3 Å². The van der Waals surface area contributed by atoms with Gasteiger partial charge in [0.05, 0.1) is 27.6 Å². The van der Waals surface area contributed by atoms with Crippen molar-refractivity contribution in [3.05, 3.63) is 77.1 Å². The van der Waals surface area contributed by atoms with Crippen LogP contribution >= 0.6 is 0 Å². The second-order valence-electron chi connectivity index (χ2n) is 7.80. The van der Waals surface area contributed by atoms with Crippen molar-refractivity contribution in [2.45, 2.75) is 41.8 Å². The Morgan fingerprint density at radius 1 is 1.24 bits per heavy atom. The first-order valence-electron chi connectivity index (χ1n) is 10.8. The smallest absolute Gasteiger partial charge is 0.252 e. The molecule has 1 saturated heterocycles. The van der Waals surface area contributed by atoms with Crippen LogP contribution < -0.4 is 5.32 Å². The van der Waals surface area contributed by atoms with Gasteiger partial charge in [0, 0.05) is 30.1 Å². The summed E-state index contributed by atoms with van der Waals surface area (Å²) in [5.74, 6) is -0.505. The first-order chi connectivity index (χ1) is 16.4. The number of aromatic nitrogens is 2. The summed E-state index contributed by atoms with van der Waals surface area (Å²) >= 11 is 0. The van der Waals surface area contributed by atoms with Crippen LogP contribution in [0.3, 0.4) is 0 Å². The molecule has 0 saturated carbocycles. The van der Waals surface area contributed by atoms with E-state index in [0.717, 1.165) is 25.5 Å². The molecule has 2 N–H and O–H groups in total. The number of rotatable bonds is 7. The molecule has 1 aliphatic heterocycles. The molecule has 9 nitrogen and oxygen atoms in total. The van der Waals surface area contributed by atoms with Crippen LogP contribution in [0.5, 0.6) is 0 Å². The zero-order valence-corrected chi connectivity index (χ0v) is 19.1. The molecule has 0 radical (unpaired) electrons. The van der Waals surface area contributed by atoms with Crippen LogP contribution in [-0.2, 0) is 21.1 Å². The third-order valence-electron chi connectivity index (χ3n) is 5.58. The Morgan fingerprint density at radius 2 is 2.03 bits per heavy atom. The molecule has 1 aromatic heterocycles. The second-order valence-corrected chi connectivity index (χ2v) is 9.74. The van der Waals surface area contributed by atoms with Gasteiger partial charge in [0.2, 0.25) is 9.84 Å². The highest BCUT2D eigenvalue weighted by Gasteiger charge is 2.22. The first-order valence-corrected chi connectivity index (χ1v) is 12.2. The predicted octanol–water partition coefficient (Wildman–Crippen LogP) is 3.21. The Hall–Kier alpha value is -3.81. The van der Waals surface area contributed by atoms with Crippen molar-refractivity contribution in [1.29, 1.82) is 10.7 Å². The minimum atomic E-state index is -3.78. The number of carbonyl (C=O) groups excluding carboxylic acids is 1. The molecule has 10 heteroatoms. The van der Waals surface area contributed by atoms with Gasteiger partial charge in [-0.25, -0.2) is 13.1 Å². The van der Waals surface area contributed by atoms with E-state index in [9.17, 15) is 18.5 Å². The molecule has 0 spiro atoms. The Balaban J connectivity index is 1.52. The molecule has 1 fully saturated rings. The lowest BCUT2D eigenvalue weighted by atomic mass is 10.1. The molecule has 0 bridgehead atoms. The maximum atomic E-state index is 12.9. The predicted molar refractivity (Wildman–Crippen MR) is 123 cm³/mol. The monoisotopic (exact) mass is 477 g/mol. The maximum Gasteiger partial charge on any atom is 0.252 e. The average Bonchev–Trinajstić information content (AvgIpc) is 3.31. The van der Waals surface area contributed by atoms with Gasteiger partial charge in [0.25, 0.3) is 5.91 Å². The van der Waals surface area contributed by atoms with Crippen LogP contribution in [0.4, 0.5) is 0 Å². The van der Waals surface area contributed by atoms with Gasteiger partial charge in [-0.3, -0.25) is 4.79 Å². The second kappa shape index (κ2) is 9.99. The van der Waals surface area contributed by atoms with E-state index in [1.807, 2.05) is 0 Å². The lowest BCUT2D eigenvalue weighted by Gasteiger charge is -2.22. The average molecular weight is 478 g/mol. The van der Waals surface area contributed by atoms with Crippen molar-refractivity contribution in [3.63, 3.8) is 0 Å². The summed E-state index contributed by atoms with van der Waals surface area (Å²) in [4.78, 5) is 13.0. The van der Waals surface area contributed by atoms with Gasteiger partial charge >= 0.3 is 0 Å². The van der Waals surface area contributed by atoms with Crippen LogP contribution in [0.1, 0.15) is 52.7 Å². The van der Waals surface area contributed by atoms with E-state index in [-0.39, 0.29) is 33.7 Å². The van der Waals surface area contributed by atoms with Crippen molar-refractivity contribution < 1.29 is 17.9 Å². The van der Waals surface area contributed by atoms with Crippen LogP contribution in [0, 0.1) is 16.7 Å². The maximum absolute atomic E-state index is 12.9. The van der Waals surface area contributed by atoms with Crippen molar-refractivity contribution in [2.24, 2.45) is 0 Å². The zero-order chi connectivity index (χ0) is 24.1. The van der Waals surface area contributed by atoms with E-state index in [2.05, 4.69) is 16.5 Å². The molecule has 1 atom stereocenters. The molecule has 0 aliphatic carbocycles. The SMILES string of the molecule is N#Cc1cn(C2CCCCO2)nc1CNC(=O)c1ccc(S(=O)(=O)c2ccccc2)cc1C=N. The molecule has 2 heterocycles. The molecule has 1 unspecified atom stereocenters. The van der Waals surface area contributed by atoms with E-state index in [0.29, 0.717) is 17.9 Å². The summed E-state index contributed by atoms with van der Waals surface area (Å²) in [6.07, 6.45) is 5.14. The van der Waals surface area contributed by atoms with Gasteiger partial charge in [-0.05, 0) is 49.6 Å². The third-order valence-corrected chi connectivity index (χ3v) is 7.35. The molecule has 1 aliphatic rings. The fourth-order valence-corrected chi connectivity index (χ4v) is 5.08. The molecule has 34 heavy (non-hydrogen) atoms. The molecule has 2 aromatic carbocycles. The van der Waals surface area contributed by atoms with Crippen molar-refractivity contribution in [2.75, 3.05) is 6.61 Å². The lowest BCUT2D eigenvalue weighted by Crippen LogP contribution is -2.25. The van der Waals surface area contributed by atoms with Gasteiger partial charge in [0.15, 0.2) is 0 Å². The number of amides is 1. The van der Waals surface area contributed by atoms with Crippen LogP contribution in [-0.4, -0.2) is 36.9 Å². The summed E-state index contributed by atoms with van der Waals surface area (Å²) < 4.78 is 33.1. The Kier molecular flexibility index (Phi) is 6.86. The number of nitrogens with zero attached hydrogens (tertiary/aromatic N) is 3. The van der Waals surface area contributed by atoms with Crippen LogP contribution in [0.25, 0.3) is 0 Å². The quantitative estimate of drug-likeness (QED) is 0.501. The normalized spacial score (nSPS) is 15.9. The molecule has 174 valence electrons. The number of carbonyl (C=O) groups is 1. The topological polar surface area (TPSA) is 138 Å². The summed E-state index contributed by atoms with van der Waals surface area (Å²) in [5, 5.41) is 24.3. The van der Waals surface area contributed by atoms with Gasteiger partial charge in [-0.15, -0.1) is 0 Å².